The lowest BCUT2D eigenvalue weighted by atomic mass is 9.92. The van der Waals surface area contributed by atoms with Gasteiger partial charge in [-0.1, -0.05) is 301 Å². The topological polar surface area (TPSA) is 101 Å². The van der Waals surface area contributed by atoms with E-state index in [0.29, 0.717) is 24.7 Å². The van der Waals surface area contributed by atoms with Crippen molar-refractivity contribution in [1.29, 1.82) is 0 Å². The van der Waals surface area contributed by atoms with E-state index in [9.17, 15) is 4.79 Å². The van der Waals surface area contributed by atoms with Gasteiger partial charge in [0, 0.05) is 42.3 Å². The lowest BCUT2D eigenvalue weighted by Crippen LogP contribution is -2.24. The third-order valence-corrected chi connectivity index (χ3v) is 16.7. The molecule has 85 heavy (non-hydrogen) atoms. The van der Waals surface area contributed by atoms with Gasteiger partial charge in [0.15, 0.2) is 0 Å². The molecule has 0 heterocycles. The number of carbonyl (C=O) groups is 2. The van der Waals surface area contributed by atoms with Crippen LogP contribution in [0.25, 0.3) is 0 Å². The Balaban J connectivity index is 0. The fourth-order valence-electron chi connectivity index (χ4n) is 11.2. The fraction of sp³-hybridized carbons (Fsp3) is 0.662. The molecule has 8 atom stereocenters. The molecule has 4 saturated carbocycles. The molecule has 8 rings (SSSR count). The summed E-state index contributed by atoms with van der Waals surface area (Å²) in [6.07, 6.45) is 37.3. The van der Waals surface area contributed by atoms with Crippen LogP contribution in [0, 0.1) is 49.4 Å². The minimum absolute atomic E-state index is 0. The molecule has 0 saturated heterocycles. The molecule has 0 radical (unpaired) electrons. The normalized spacial score (nSPS) is 24.4. The van der Waals surface area contributed by atoms with E-state index >= 15 is 0 Å². The van der Waals surface area contributed by atoms with Crippen molar-refractivity contribution in [3.63, 3.8) is 0 Å². The number of ether oxygens (including phenoxy) is 5. The SMILES string of the molecule is CC(=O)O.CC1CCCCC(C)CCC1.CC1CCCCC(C)CCC1.CCC1CC(OC)CCCCC(OC)C1.COC1CCCCC(OC)CC(COC(C)=O)C1.Cc1ccccc1.Cc1ccccc1.[H+].c1ccccc1.c1ccccc1. The number of carboxylic acid groups (broad SMARTS) is 1. The van der Waals surface area contributed by atoms with Crippen LogP contribution in [0.3, 0.4) is 0 Å². The van der Waals surface area contributed by atoms with Crippen LogP contribution in [-0.4, -0.2) is 76.5 Å². The molecule has 8 heteroatoms. The van der Waals surface area contributed by atoms with Crippen LogP contribution in [0.15, 0.2) is 133 Å². The molecule has 4 aliphatic carbocycles. The number of rotatable bonds is 7. The third-order valence-electron chi connectivity index (χ3n) is 16.7. The zero-order valence-electron chi connectivity index (χ0n) is 57.6. The summed E-state index contributed by atoms with van der Waals surface area (Å²) in [7, 11) is 7.23. The summed E-state index contributed by atoms with van der Waals surface area (Å²) in [6.45, 7) is 19.1. The Kier molecular flexibility index (Phi) is 54.5. The molecule has 4 fully saturated rings. The average molecular weight is 1180 g/mol. The summed E-state index contributed by atoms with van der Waals surface area (Å²) in [5.41, 5.74) is 2.64. The molecule has 8 unspecified atom stereocenters. The quantitative estimate of drug-likeness (QED) is 0.183. The first-order chi connectivity index (χ1) is 41.0. The highest BCUT2D eigenvalue weighted by molar-refractivity contribution is 5.65. The summed E-state index contributed by atoms with van der Waals surface area (Å²) < 4.78 is 27.3. The van der Waals surface area contributed by atoms with Gasteiger partial charge in [0.05, 0.1) is 31.0 Å². The minimum Gasteiger partial charge on any atom is -0.481 e. The molecule has 4 aliphatic rings. The zero-order valence-corrected chi connectivity index (χ0v) is 56.6. The lowest BCUT2D eigenvalue weighted by Gasteiger charge is -2.23. The Morgan fingerprint density at radius 1 is 0.388 bits per heavy atom. The number of carboxylic acids is 1. The average Bonchev–Trinajstić information content (AvgIpc) is 3.86. The minimum atomic E-state index is -0.833. The second-order valence-corrected chi connectivity index (χ2v) is 24.9. The highest BCUT2D eigenvalue weighted by atomic mass is 16.5. The van der Waals surface area contributed by atoms with Crippen LogP contribution < -0.4 is 0 Å². The largest absolute Gasteiger partial charge is 1.00 e. The molecule has 0 aromatic heterocycles. The highest BCUT2D eigenvalue weighted by Crippen LogP contribution is 2.29. The second-order valence-electron chi connectivity index (χ2n) is 24.9. The van der Waals surface area contributed by atoms with E-state index < -0.39 is 5.97 Å². The van der Waals surface area contributed by atoms with E-state index in [-0.39, 0.29) is 19.6 Å². The van der Waals surface area contributed by atoms with Crippen molar-refractivity contribution in [2.24, 2.45) is 35.5 Å². The molecular weight excluding hydrogens is 1050 g/mol. The Morgan fingerprint density at radius 3 is 0.800 bits per heavy atom. The first-order valence-corrected chi connectivity index (χ1v) is 33.5. The number of methoxy groups -OCH3 is 4. The van der Waals surface area contributed by atoms with Crippen molar-refractivity contribution in [2.75, 3.05) is 35.0 Å². The predicted molar refractivity (Wildman–Crippen MR) is 363 cm³/mol. The van der Waals surface area contributed by atoms with E-state index in [1.165, 1.54) is 166 Å². The Bertz CT molecular complexity index is 1780. The zero-order chi connectivity index (χ0) is 63.0. The van der Waals surface area contributed by atoms with Gasteiger partial charge in [0.25, 0.3) is 5.97 Å². The van der Waals surface area contributed by atoms with Crippen molar-refractivity contribution in [3.8, 4) is 0 Å². The lowest BCUT2D eigenvalue weighted by molar-refractivity contribution is -0.143. The first kappa shape index (κ1) is 80.7. The molecule has 1 N–H and O–H groups in total. The van der Waals surface area contributed by atoms with Gasteiger partial charge in [-0.15, -0.1) is 0 Å². The Labute approximate surface area is 524 Å². The summed E-state index contributed by atoms with van der Waals surface area (Å²) in [4.78, 5) is 19.9. The van der Waals surface area contributed by atoms with Crippen molar-refractivity contribution >= 4 is 11.9 Å². The van der Waals surface area contributed by atoms with Gasteiger partial charge in [-0.3, -0.25) is 9.59 Å². The number of hydrogen-bond donors (Lipinski definition) is 1. The molecule has 0 spiro atoms. The molecule has 0 amide bonds. The van der Waals surface area contributed by atoms with E-state index in [0.717, 1.165) is 62.2 Å². The summed E-state index contributed by atoms with van der Waals surface area (Å²) in [6, 6.07) is 44.5. The van der Waals surface area contributed by atoms with Gasteiger partial charge in [0.1, 0.15) is 0 Å². The van der Waals surface area contributed by atoms with E-state index in [1.54, 1.807) is 14.2 Å². The van der Waals surface area contributed by atoms with Crippen LogP contribution in [0.4, 0.5) is 0 Å². The third kappa shape index (κ3) is 53.6. The van der Waals surface area contributed by atoms with E-state index in [4.69, 9.17) is 33.6 Å². The number of carbonyl (C=O) groups excluding carboxylic acids is 1. The van der Waals surface area contributed by atoms with Gasteiger partial charge in [-0.05, 0) is 101 Å². The van der Waals surface area contributed by atoms with Gasteiger partial charge in [-0.25, -0.2) is 0 Å². The smallest absolute Gasteiger partial charge is 0.481 e. The van der Waals surface area contributed by atoms with Crippen molar-refractivity contribution in [2.45, 2.75) is 260 Å². The Hall–Kier alpha value is -4.34. The predicted octanol–water partition coefficient (Wildman–Crippen LogP) is 21.5. The second kappa shape index (κ2) is 57.4. The van der Waals surface area contributed by atoms with Crippen molar-refractivity contribution in [3.05, 3.63) is 145 Å². The maximum Gasteiger partial charge on any atom is 1.00 e. The summed E-state index contributed by atoms with van der Waals surface area (Å²) >= 11 is 0. The van der Waals surface area contributed by atoms with Gasteiger partial charge in [0.2, 0.25) is 0 Å². The van der Waals surface area contributed by atoms with E-state index in [1.807, 2.05) is 123 Å². The Morgan fingerprint density at radius 2 is 0.600 bits per heavy atom. The highest BCUT2D eigenvalue weighted by Gasteiger charge is 2.24. The maximum absolute atomic E-state index is 10.9. The molecule has 4 aromatic carbocycles. The van der Waals surface area contributed by atoms with Crippen molar-refractivity contribution < 1.29 is 39.8 Å². The van der Waals surface area contributed by atoms with Crippen LogP contribution in [-0.2, 0) is 33.3 Å². The fourth-order valence-corrected chi connectivity index (χ4v) is 11.2. The summed E-state index contributed by atoms with van der Waals surface area (Å²) in [5, 5.41) is 7.42. The monoisotopic (exact) mass is 1180 g/mol. The molecular formula is C77H129O8+. The summed E-state index contributed by atoms with van der Waals surface area (Å²) in [5.74, 6) is 4.07. The molecule has 4 aromatic rings. The van der Waals surface area contributed by atoms with Gasteiger partial charge in [-0.2, -0.15) is 0 Å². The number of hydrogen-bond acceptors (Lipinski definition) is 7. The van der Waals surface area contributed by atoms with Gasteiger partial charge >= 0.3 is 7.40 Å². The van der Waals surface area contributed by atoms with Crippen LogP contribution >= 0.6 is 0 Å². The molecule has 0 aliphatic heterocycles. The standard InChI is InChI=1S/C14H26O4.C13H26O2.2C11H22.2C7H8.2C6H6.C2H4O2/c1-11(15)18-10-12-8-13(16-2)6-4-5-7-14(9-12)17-3;1-4-11-9-12(14-2)7-5-6-8-13(10-11)15-3;2*1-10-6-3-4-7-11(2)9-5-8-10;2*1-7-5-3-2-4-6-7;2*1-2-4-6-5-3-1;1-2(3)4/h12-14H,4-10H2,1-3H3;11-13H,4-10H2,1-3H3;2*10-11H,3-9H2,1-2H3;2*2-6H,1H3;2*1-6H;1H3,(H,3,4)/p+1. The van der Waals surface area contributed by atoms with Crippen LogP contribution in [0.5, 0.6) is 0 Å². The number of esters is 1. The number of aliphatic carboxylic acids is 1. The van der Waals surface area contributed by atoms with Crippen molar-refractivity contribution in [1.82, 2.24) is 0 Å². The number of aryl methyl sites for hydroxylation is 2. The first-order valence-electron chi connectivity index (χ1n) is 33.5. The molecule has 484 valence electrons. The molecule has 8 nitrogen and oxygen atoms in total. The molecule has 0 bridgehead atoms. The van der Waals surface area contributed by atoms with E-state index in [2.05, 4.69) is 72.7 Å². The van der Waals surface area contributed by atoms with Crippen LogP contribution in [0.1, 0.15) is 234 Å². The number of benzene rings is 4. The maximum atomic E-state index is 10.9. The van der Waals surface area contributed by atoms with Gasteiger partial charge < -0.3 is 28.8 Å². The van der Waals surface area contributed by atoms with Crippen LogP contribution in [0.2, 0.25) is 0 Å².